The second-order valence-corrected chi connectivity index (χ2v) is 6.03. The zero-order valence-electron chi connectivity index (χ0n) is 11.2. The fourth-order valence-corrected chi connectivity index (χ4v) is 2.74. The highest BCUT2D eigenvalue weighted by molar-refractivity contribution is 7.98. The van der Waals surface area contributed by atoms with Crippen LogP contribution >= 0.6 is 23.1 Å². The molecular weight excluding hydrogens is 278 g/mol. The van der Waals surface area contributed by atoms with Gasteiger partial charge in [-0.3, -0.25) is 4.79 Å². The predicted octanol–water partition coefficient (Wildman–Crippen LogP) is 2.35. The van der Waals surface area contributed by atoms with Crippen LogP contribution in [0.25, 0.3) is 0 Å². The van der Waals surface area contributed by atoms with E-state index in [0.717, 1.165) is 17.1 Å². The van der Waals surface area contributed by atoms with Crippen LogP contribution in [0.2, 0.25) is 0 Å². The van der Waals surface area contributed by atoms with Crippen LogP contribution in [0.5, 0.6) is 0 Å². The van der Waals surface area contributed by atoms with Crippen LogP contribution < -0.4 is 5.32 Å². The maximum absolute atomic E-state index is 12.0. The van der Waals surface area contributed by atoms with Crippen molar-refractivity contribution >= 4 is 29.0 Å². The molecule has 0 saturated heterocycles. The Hall–Kier alpha value is -0.960. The molecule has 0 aliphatic rings. The van der Waals surface area contributed by atoms with E-state index >= 15 is 0 Å². The minimum absolute atomic E-state index is 0.0416. The van der Waals surface area contributed by atoms with Gasteiger partial charge in [0.15, 0.2) is 0 Å². The highest BCUT2D eigenvalue weighted by atomic mass is 32.2. The van der Waals surface area contributed by atoms with Gasteiger partial charge >= 0.3 is 0 Å². The van der Waals surface area contributed by atoms with Gasteiger partial charge in [-0.1, -0.05) is 11.8 Å². The maximum atomic E-state index is 12.0. The molecule has 0 saturated carbocycles. The van der Waals surface area contributed by atoms with Gasteiger partial charge in [0.2, 0.25) is 0 Å². The molecule has 104 valence electrons. The highest BCUT2D eigenvalue weighted by Gasteiger charge is 2.11. The number of carbonyl (C=O) groups is 1. The number of amides is 1. The second-order valence-electron chi connectivity index (χ2n) is 4.13. The molecule has 0 spiro atoms. The third-order valence-electron chi connectivity index (χ3n) is 2.44. The number of hydrogen-bond acceptors (Lipinski definition) is 4. The normalized spacial score (nSPS) is 11.5. The van der Waals surface area contributed by atoms with Crippen LogP contribution in [0.15, 0.2) is 11.4 Å². The van der Waals surface area contributed by atoms with Gasteiger partial charge in [0, 0.05) is 17.8 Å². The average molecular weight is 297 g/mol. The summed E-state index contributed by atoms with van der Waals surface area (Å²) in [7, 11) is 0. The Morgan fingerprint density at radius 3 is 3.11 bits per heavy atom. The van der Waals surface area contributed by atoms with Crippen LogP contribution in [-0.4, -0.2) is 35.7 Å². The number of thiophene rings is 1. The SMILES string of the molecule is CSCCC(C)NC(=O)c1csc(C#CCCO)c1. The molecule has 0 bridgehead atoms. The Bertz CT molecular complexity index is 460. The van der Waals surface area contributed by atoms with Gasteiger partial charge in [-0.15, -0.1) is 11.3 Å². The van der Waals surface area contributed by atoms with Crippen molar-refractivity contribution in [3.05, 3.63) is 21.9 Å². The summed E-state index contributed by atoms with van der Waals surface area (Å²) in [5.41, 5.74) is 0.661. The lowest BCUT2D eigenvalue weighted by molar-refractivity contribution is 0.0940. The molecule has 0 aromatic carbocycles. The molecule has 1 rings (SSSR count). The van der Waals surface area contributed by atoms with Gasteiger partial charge in [-0.2, -0.15) is 11.8 Å². The second kappa shape index (κ2) is 9.03. The van der Waals surface area contributed by atoms with Crippen molar-refractivity contribution in [3.8, 4) is 11.8 Å². The minimum Gasteiger partial charge on any atom is -0.395 e. The molecule has 2 N–H and O–H groups in total. The zero-order valence-corrected chi connectivity index (χ0v) is 12.9. The van der Waals surface area contributed by atoms with Crippen LogP contribution in [0.3, 0.4) is 0 Å². The van der Waals surface area contributed by atoms with E-state index in [4.69, 9.17) is 5.11 Å². The summed E-state index contributed by atoms with van der Waals surface area (Å²) in [4.78, 5) is 12.8. The van der Waals surface area contributed by atoms with Crippen molar-refractivity contribution in [1.82, 2.24) is 5.32 Å². The Morgan fingerprint density at radius 1 is 1.63 bits per heavy atom. The summed E-state index contributed by atoms with van der Waals surface area (Å²) in [5, 5.41) is 13.4. The van der Waals surface area contributed by atoms with Crippen LogP contribution in [-0.2, 0) is 0 Å². The summed E-state index contributed by atoms with van der Waals surface area (Å²) in [5.74, 6) is 6.78. The van der Waals surface area contributed by atoms with E-state index in [1.807, 2.05) is 12.3 Å². The van der Waals surface area contributed by atoms with Gasteiger partial charge in [0.25, 0.3) is 5.91 Å². The molecule has 0 aliphatic carbocycles. The lowest BCUT2D eigenvalue weighted by Gasteiger charge is -2.12. The maximum Gasteiger partial charge on any atom is 0.252 e. The number of thioether (sulfide) groups is 1. The van der Waals surface area contributed by atoms with Crippen molar-refractivity contribution < 1.29 is 9.90 Å². The van der Waals surface area contributed by atoms with Crippen molar-refractivity contribution in [2.24, 2.45) is 0 Å². The van der Waals surface area contributed by atoms with Gasteiger partial charge in [-0.05, 0) is 31.4 Å². The fourth-order valence-electron chi connectivity index (χ4n) is 1.40. The van der Waals surface area contributed by atoms with E-state index in [1.54, 1.807) is 17.8 Å². The molecular formula is C14H19NO2S2. The van der Waals surface area contributed by atoms with Gasteiger partial charge < -0.3 is 10.4 Å². The highest BCUT2D eigenvalue weighted by Crippen LogP contribution is 2.14. The lowest BCUT2D eigenvalue weighted by Crippen LogP contribution is -2.32. The van der Waals surface area contributed by atoms with Gasteiger partial charge in [-0.25, -0.2) is 0 Å². The number of carbonyl (C=O) groups excluding carboxylic acids is 1. The van der Waals surface area contributed by atoms with E-state index in [9.17, 15) is 4.79 Å². The molecule has 0 aliphatic heterocycles. The summed E-state index contributed by atoms with van der Waals surface area (Å²) in [6.07, 6.45) is 3.50. The molecule has 5 heteroatoms. The number of rotatable bonds is 6. The fraction of sp³-hybridized carbons (Fsp3) is 0.500. The monoisotopic (exact) mass is 297 g/mol. The Balaban J connectivity index is 2.52. The number of aliphatic hydroxyl groups is 1. The zero-order chi connectivity index (χ0) is 14.1. The van der Waals surface area contributed by atoms with Crippen LogP contribution in [0, 0.1) is 11.8 Å². The molecule has 0 radical (unpaired) electrons. The Kier molecular flexibility index (Phi) is 7.65. The molecule has 1 heterocycles. The smallest absolute Gasteiger partial charge is 0.252 e. The van der Waals surface area contributed by atoms with Crippen molar-refractivity contribution in [1.29, 1.82) is 0 Å². The molecule has 19 heavy (non-hydrogen) atoms. The first-order valence-corrected chi connectivity index (χ1v) is 8.42. The first-order chi connectivity index (χ1) is 9.17. The van der Waals surface area contributed by atoms with E-state index in [1.165, 1.54) is 11.3 Å². The third kappa shape index (κ3) is 6.15. The lowest BCUT2D eigenvalue weighted by atomic mass is 10.2. The average Bonchev–Trinajstić information content (AvgIpc) is 2.85. The molecule has 1 aromatic heterocycles. The molecule has 1 unspecified atom stereocenters. The molecule has 0 fully saturated rings. The van der Waals surface area contributed by atoms with Crippen LogP contribution in [0.4, 0.5) is 0 Å². The summed E-state index contributed by atoms with van der Waals surface area (Å²) in [6.45, 7) is 2.08. The minimum atomic E-state index is -0.0416. The van der Waals surface area contributed by atoms with Crippen molar-refractivity contribution in [2.75, 3.05) is 18.6 Å². The first kappa shape index (κ1) is 16.1. The largest absolute Gasteiger partial charge is 0.395 e. The van der Waals surface area contributed by atoms with Gasteiger partial charge in [0.05, 0.1) is 17.0 Å². The van der Waals surface area contributed by atoms with Crippen molar-refractivity contribution in [2.45, 2.75) is 25.8 Å². The summed E-state index contributed by atoms with van der Waals surface area (Å²) >= 11 is 3.23. The van der Waals surface area contributed by atoms with E-state index in [2.05, 4.69) is 23.4 Å². The van der Waals surface area contributed by atoms with E-state index in [0.29, 0.717) is 12.0 Å². The standard InChI is InChI=1S/C14H19NO2S2/c1-11(6-8-18-2)15-14(17)12-9-13(19-10-12)5-3-4-7-16/h9-11,16H,4,6-8H2,1-2H3,(H,15,17). The number of aliphatic hydroxyl groups excluding tert-OH is 1. The number of hydrogen-bond donors (Lipinski definition) is 2. The quantitative estimate of drug-likeness (QED) is 0.793. The van der Waals surface area contributed by atoms with Crippen molar-refractivity contribution in [3.63, 3.8) is 0 Å². The molecule has 1 aromatic rings. The summed E-state index contributed by atoms with van der Waals surface area (Å²) < 4.78 is 0. The Labute approximate surface area is 122 Å². The molecule has 3 nitrogen and oxygen atoms in total. The third-order valence-corrected chi connectivity index (χ3v) is 3.93. The first-order valence-electron chi connectivity index (χ1n) is 6.15. The predicted molar refractivity (Wildman–Crippen MR) is 82.8 cm³/mol. The molecule has 1 atom stereocenters. The van der Waals surface area contributed by atoms with Crippen LogP contribution in [0.1, 0.15) is 35.0 Å². The van der Waals surface area contributed by atoms with E-state index < -0.39 is 0 Å². The van der Waals surface area contributed by atoms with Gasteiger partial charge in [0.1, 0.15) is 0 Å². The molecule has 1 amide bonds. The summed E-state index contributed by atoms with van der Waals surface area (Å²) in [6, 6.07) is 1.98. The van der Waals surface area contributed by atoms with E-state index in [-0.39, 0.29) is 18.6 Å². The number of nitrogens with one attached hydrogen (secondary N) is 1. The Morgan fingerprint density at radius 2 is 2.42 bits per heavy atom. The topological polar surface area (TPSA) is 49.3 Å².